The van der Waals surface area contributed by atoms with Crippen LogP contribution in [0.4, 0.5) is 0 Å². The number of rotatable bonds is 1. The number of hydrogen-bond acceptors (Lipinski definition) is 3. The summed E-state index contributed by atoms with van der Waals surface area (Å²) in [6.45, 7) is 0. The zero-order valence-electron chi connectivity index (χ0n) is 8.59. The average molecular weight is 217 g/mol. The van der Waals surface area contributed by atoms with Crippen molar-refractivity contribution in [3.8, 4) is 0 Å². The van der Waals surface area contributed by atoms with E-state index in [0.29, 0.717) is 24.0 Å². The molecule has 0 bridgehead atoms. The predicted octanol–water partition coefficient (Wildman–Crippen LogP) is 0.806. The Labute approximate surface area is 92.5 Å². The van der Waals surface area contributed by atoms with E-state index in [-0.39, 0.29) is 24.0 Å². The SMILES string of the molecule is O=C1c2ccccc2C(=O)N1[C@H]1C[C@H](O)C1. The molecule has 1 aromatic carbocycles. The molecule has 3 rings (SSSR count). The highest BCUT2D eigenvalue weighted by Crippen LogP contribution is 2.32. The maximum Gasteiger partial charge on any atom is 0.261 e. The van der Waals surface area contributed by atoms with Gasteiger partial charge in [-0.1, -0.05) is 12.1 Å². The lowest BCUT2D eigenvalue weighted by molar-refractivity contribution is 0.0100. The van der Waals surface area contributed by atoms with Crippen LogP contribution in [0.1, 0.15) is 33.6 Å². The van der Waals surface area contributed by atoms with Crippen LogP contribution in [0, 0.1) is 0 Å². The summed E-state index contributed by atoms with van der Waals surface area (Å²) >= 11 is 0. The van der Waals surface area contributed by atoms with Gasteiger partial charge in [-0.15, -0.1) is 0 Å². The quantitative estimate of drug-likeness (QED) is 0.708. The molecule has 1 heterocycles. The van der Waals surface area contributed by atoms with Crippen molar-refractivity contribution in [2.75, 3.05) is 0 Å². The third kappa shape index (κ3) is 1.13. The number of amides is 2. The van der Waals surface area contributed by atoms with Crippen LogP contribution in [0.2, 0.25) is 0 Å². The van der Waals surface area contributed by atoms with E-state index in [1.54, 1.807) is 24.3 Å². The molecule has 1 aliphatic carbocycles. The van der Waals surface area contributed by atoms with Crippen molar-refractivity contribution in [3.63, 3.8) is 0 Å². The Hall–Kier alpha value is -1.68. The van der Waals surface area contributed by atoms with Gasteiger partial charge in [-0.25, -0.2) is 0 Å². The van der Waals surface area contributed by atoms with Crippen LogP contribution >= 0.6 is 0 Å². The van der Waals surface area contributed by atoms with Crippen LogP contribution < -0.4 is 0 Å². The molecule has 0 spiro atoms. The fourth-order valence-electron chi connectivity index (χ4n) is 2.31. The van der Waals surface area contributed by atoms with Gasteiger partial charge in [-0.2, -0.15) is 0 Å². The van der Waals surface area contributed by atoms with Crippen molar-refractivity contribution >= 4 is 11.8 Å². The second kappa shape index (κ2) is 3.15. The van der Waals surface area contributed by atoms with Crippen molar-refractivity contribution in [3.05, 3.63) is 35.4 Å². The Bertz CT molecular complexity index is 442. The fourth-order valence-corrected chi connectivity index (χ4v) is 2.31. The zero-order chi connectivity index (χ0) is 11.3. The van der Waals surface area contributed by atoms with Gasteiger partial charge in [0.25, 0.3) is 11.8 Å². The third-order valence-corrected chi connectivity index (χ3v) is 3.28. The van der Waals surface area contributed by atoms with Crippen molar-refractivity contribution in [1.82, 2.24) is 4.90 Å². The minimum Gasteiger partial charge on any atom is -0.393 e. The van der Waals surface area contributed by atoms with Crippen LogP contribution in [0.25, 0.3) is 0 Å². The summed E-state index contributed by atoms with van der Waals surface area (Å²) in [4.78, 5) is 25.2. The summed E-state index contributed by atoms with van der Waals surface area (Å²) in [7, 11) is 0. The van der Waals surface area contributed by atoms with E-state index in [0.717, 1.165) is 0 Å². The van der Waals surface area contributed by atoms with E-state index in [1.165, 1.54) is 4.90 Å². The highest BCUT2D eigenvalue weighted by atomic mass is 16.3. The molecule has 4 nitrogen and oxygen atoms in total. The van der Waals surface area contributed by atoms with E-state index >= 15 is 0 Å². The summed E-state index contributed by atoms with van der Waals surface area (Å²) in [6.07, 6.45) is 0.644. The van der Waals surface area contributed by atoms with Gasteiger partial charge < -0.3 is 5.11 Å². The fraction of sp³-hybridized carbons (Fsp3) is 0.333. The lowest BCUT2D eigenvalue weighted by Crippen LogP contribution is -2.49. The van der Waals surface area contributed by atoms with Crippen molar-refractivity contribution in [2.45, 2.75) is 25.0 Å². The standard InChI is InChI=1S/C12H11NO3/c14-8-5-7(6-8)13-11(15)9-3-1-2-4-10(9)12(13)16/h1-4,7-8,14H,5-6H2/t7-,8-. The van der Waals surface area contributed by atoms with E-state index in [1.807, 2.05) is 0 Å². The molecule has 1 fully saturated rings. The number of aliphatic hydroxyl groups excluding tert-OH is 1. The third-order valence-electron chi connectivity index (χ3n) is 3.28. The molecule has 82 valence electrons. The number of fused-ring (bicyclic) bond motifs is 1. The molecular formula is C12H11NO3. The average Bonchev–Trinajstić information content (AvgIpc) is 2.49. The molecule has 0 atom stereocenters. The Morgan fingerprint density at radius 3 is 2.00 bits per heavy atom. The molecule has 0 saturated heterocycles. The molecule has 2 amide bonds. The number of imide groups is 1. The maximum absolute atomic E-state index is 12.0. The summed E-state index contributed by atoms with van der Waals surface area (Å²) in [5.41, 5.74) is 0.961. The lowest BCUT2D eigenvalue weighted by Gasteiger charge is -2.37. The minimum absolute atomic E-state index is 0.123. The van der Waals surface area contributed by atoms with Gasteiger partial charge >= 0.3 is 0 Å². The van der Waals surface area contributed by atoms with Crippen LogP contribution in [-0.4, -0.2) is 34.0 Å². The van der Waals surface area contributed by atoms with Crippen molar-refractivity contribution < 1.29 is 14.7 Å². The molecule has 16 heavy (non-hydrogen) atoms. The van der Waals surface area contributed by atoms with Gasteiger partial charge in [0, 0.05) is 6.04 Å². The molecule has 2 aliphatic rings. The normalized spacial score (nSPS) is 27.9. The smallest absolute Gasteiger partial charge is 0.261 e. The molecule has 1 aromatic rings. The summed E-state index contributed by atoms with van der Waals surface area (Å²) in [5.74, 6) is -0.449. The summed E-state index contributed by atoms with van der Waals surface area (Å²) in [5, 5.41) is 9.22. The Morgan fingerprint density at radius 1 is 1.06 bits per heavy atom. The zero-order valence-corrected chi connectivity index (χ0v) is 8.59. The number of carbonyl (C=O) groups is 2. The van der Waals surface area contributed by atoms with E-state index in [2.05, 4.69) is 0 Å². The Kier molecular flexibility index (Phi) is 1.88. The van der Waals surface area contributed by atoms with Crippen molar-refractivity contribution in [1.29, 1.82) is 0 Å². The highest BCUT2D eigenvalue weighted by molar-refractivity contribution is 6.21. The van der Waals surface area contributed by atoms with E-state index in [4.69, 9.17) is 0 Å². The second-order valence-electron chi connectivity index (χ2n) is 4.30. The van der Waals surface area contributed by atoms with Gasteiger partial charge in [0.2, 0.25) is 0 Å². The number of hydrogen-bond donors (Lipinski definition) is 1. The molecule has 1 N–H and O–H groups in total. The first-order chi connectivity index (χ1) is 7.68. The van der Waals surface area contributed by atoms with Gasteiger partial charge in [-0.05, 0) is 25.0 Å². The first-order valence-corrected chi connectivity index (χ1v) is 5.33. The monoisotopic (exact) mass is 217 g/mol. The number of benzene rings is 1. The lowest BCUT2D eigenvalue weighted by atomic mass is 9.88. The topological polar surface area (TPSA) is 57.6 Å². The number of nitrogens with zero attached hydrogens (tertiary/aromatic N) is 1. The molecule has 0 radical (unpaired) electrons. The first kappa shape index (κ1) is 9.54. The molecule has 4 heteroatoms. The van der Waals surface area contributed by atoms with E-state index < -0.39 is 0 Å². The Balaban J connectivity index is 1.96. The molecular weight excluding hydrogens is 206 g/mol. The minimum atomic E-state index is -0.366. The van der Waals surface area contributed by atoms with Crippen LogP contribution in [0.15, 0.2) is 24.3 Å². The van der Waals surface area contributed by atoms with E-state index in [9.17, 15) is 14.7 Å². The largest absolute Gasteiger partial charge is 0.393 e. The summed E-state index contributed by atoms with van der Waals surface area (Å²) < 4.78 is 0. The summed E-state index contributed by atoms with van der Waals surface area (Å²) in [6, 6.07) is 6.73. The van der Waals surface area contributed by atoms with Crippen LogP contribution in [-0.2, 0) is 0 Å². The van der Waals surface area contributed by atoms with Gasteiger partial charge in [0.1, 0.15) is 0 Å². The van der Waals surface area contributed by atoms with Gasteiger partial charge in [0.05, 0.1) is 17.2 Å². The van der Waals surface area contributed by atoms with Crippen LogP contribution in [0.5, 0.6) is 0 Å². The van der Waals surface area contributed by atoms with Gasteiger partial charge in [-0.3, -0.25) is 14.5 Å². The Morgan fingerprint density at radius 2 is 1.56 bits per heavy atom. The molecule has 0 aromatic heterocycles. The second-order valence-corrected chi connectivity index (χ2v) is 4.30. The molecule has 1 saturated carbocycles. The maximum atomic E-state index is 12.0. The van der Waals surface area contributed by atoms with Crippen molar-refractivity contribution in [2.24, 2.45) is 0 Å². The van der Waals surface area contributed by atoms with Gasteiger partial charge in [0.15, 0.2) is 0 Å². The first-order valence-electron chi connectivity index (χ1n) is 5.33. The molecule has 0 unspecified atom stereocenters. The molecule has 1 aliphatic heterocycles. The predicted molar refractivity (Wildman–Crippen MR) is 56.0 cm³/mol. The number of aliphatic hydroxyl groups is 1. The highest BCUT2D eigenvalue weighted by Gasteiger charge is 2.44. The number of carbonyl (C=O) groups excluding carboxylic acids is 2. The van der Waals surface area contributed by atoms with Crippen LogP contribution in [0.3, 0.4) is 0 Å².